The van der Waals surface area contributed by atoms with E-state index in [-0.39, 0.29) is 11.3 Å². The fourth-order valence-corrected chi connectivity index (χ4v) is 0.979. The number of hydrogen-bond donors (Lipinski definition) is 0. The molecule has 0 radical (unpaired) electrons. The van der Waals surface area contributed by atoms with Crippen molar-refractivity contribution in [3.8, 4) is 5.75 Å². The third-order valence-corrected chi connectivity index (χ3v) is 1.50. The molecule has 5 heteroatoms. The van der Waals surface area contributed by atoms with E-state index in [2.05, 4.69) is 4.74 Å². The number of alkyl halides is 3. The molecule has 1 aromatic rings. The van der Waals surface area contributed by atoms with Crippen LogP contribution in [0, 0.1) is 0 Å². The fraction of sp³-hybridized carbons (Fsp3) is 0.100. The van der Waals surface area contributed by atoms with Crippen molar-refractivity contribution in [3.05, 3.63) is 35.9 Å². The van der Waals surface area contributed by atoms with Crippen LogP contribution in [0.5, 0.6) is 5.75 Å². The van der Waals surface area contributed by atoms with Crippen LogP contribution in [0.3, 0.4) is 0 Å². The van der Waals surface area contributed by atoms with Gasteiger partial charge in [0.2, 0.25) is 0 Å². The van der Waals surface area contributed by atoms with Gasteiger partial charge in [-0.3, -0.25) is 4.79 Å². The predicted molar refractivity (Wildman–Crippen MR) is 48.2 cm³/mol. The molecule has 0 amide bonds. The van der Waals surface area contributed by atoms with Crippen molar-refractivity contribution in [2.75, 3.05) is 0 Å². The number of ether oxygens (including phenoxy) is 1. The highest BCUT2D eigenvalue weighted by Gasteiger charge is 2.31. The number of aldehydes is 1. The van der Waals surface area contributed by atoms with Gasteiger partial charge in [0.05, 0.1) is 0 Å². The number of carbonyl (C=O) groups is 1. The first kappa shape index (κ1) is 11.3. The van der Waals surface area contributed by atoms with Gasteiger partial charge >= 0.3 is 6.36 Å². The molecule has 0 aliphatic heterocycles. The minimum Gasteiger partial charge on any atom is -0.405 e. The van der Waals surface area contributed by atoms with E-state index in [4.69, 9.17) is 0 Å². The van der Waals surface area contributed by atoms with Crippen molar-refractivity contribution in [1.82, 2.24) is 0 Å². The molecule has 0 aliphatic carbocycles. The average molecular weight is 216 g/mol. The summed E-state index contributed by atoms with van der Waals surface area (Å²) in [5.41, 5.74) is 0.196. The van der Waals surface area contributed by atoms with Gasteiger partial charge in [0.25, 0.3) is 0 Å². The summed E-state index contributed by atoms with van der Waals surface area (Å²) < 4.78 is 39.5. The summed E-state index contributed by atoms with van der Waals surface area (Å²) in [5, 5.41) is 0. The minimum atomic E-state index is -4.73. The van der Waals surface area contributed by atoms with Gasteiger partial charge in [0, 0.05) is 5.56 Å². The second-order valence-corrected chi connectivity index (χ2v) is 2.58. The summed E-state index contributed by atoms with van der Waals surface area (Å²) in [7, 11) is 0. The summed E-state index contributed by atoms with van der Waals surface area (Å²) in [6.07, 6.45) is -1.91. The molecule has 0 atom stereocenters. The van der Waals surface area contributed by atoms with Gasteiger partial charge in [-0.05, 0) is 18.2 Å². The van der Waals surface area contributed by atoms with Crippen LogP contribution in [0.2, 0.25) is 0 Å². The van der Waals surface area contributed by atoms with E-state index in [0.717, 1.165) is 6.08 Å². The molecule has 15 heavy (non-hydrogen) atoms. The largest absolute Gasteiger partial charge is 0.573 e. The first-order valence-electron chi connectivity index (χ1n) is 3.99. The third-order valence-electron chi connectivity index (χ3n) is 1.50. The van der Waals surface area contributed by atoms with Gasteiger partial charge in [0.15, 0.2) is 0 Å². The monoisotopic (exact) mass is 216 g/mol. The molecule has 0 spiro atoms. The van der Waals surface area contributed by atoms with Crippen molar-refractivity contribution < 1.29 is 22.7 Å². The molecule has 0 N–H and O–H groups in total. The molecule has 2 nitrogen and oxygen atoms in total. The van der Waals surface area contributed by atoms with Gasteiger partial charge in [-0.15, -0.1) is 13.2 Å². The molecule has 1 aromatic carbocycles. The van der Waals surface area contributed by atoms with Crippen molar-refractivity contribution >= 4 is 12.4 Å². The van der Waals surface area contributed by atoms with E-state index in [1.165, 1.54) is 24.3 Å². The third kappa shape index (κ3) is 3.84. The second kappa shape index (κ2) is 4.63. The van der Waals surface area contributed by atoms with Gasteiger partial charge in [-0.2, -0.15) is 0 Å². The van der Waals surface area contributed by atoms with E-state index < -0.39 is 6.36 Å². The molecule has 1 rings (SSSR count). The Morgan fingerprint density at radius 2 is 1.87 bits per heavy atom. The fourth-order valence-electron chi connectivity index (χ4n) is 0.979. The van der Waals surface area contributed by atoms with Crippen LogP contribution in [0.15, 0.2) is 30.3 Å². The van der Waals surface area contributed by atoms with E-state index in [1.807, 2.05) is 0 Å². The zero-order valence-electron chi connectivity index (χ0n) is 7.49. The topological polar surface area (TPSA) is 26.3 Å². The van der Waals surface area contributed by atoms with Crippen molar-refractivity contribution in [3.63, 3.8) is 0 Å². The van der Waals surface area contributed by atoms with E-state index in [9.17, 15) is 18.0 Å². The maximum Gasteiger partial charge on any atom is 0.573 e. The summed E-state index contributed by atoms with van der Waals surface area (Å²) in [6, 6.07) is 5.56. The molecular weight excluding hydrogens is 209 g/mol. The Morgan fingerprint density at radius 3 is 2.47 bits per heavy atom. The van der Waals surface area contributed by atoms with Gasteiger partial charge < -0.3 is 4.74 Å². The predicted octanol–water partition coefficient (Wildman–Crippen LogP) is 2.80. The Kier molecular flexibility index (Phi) is 3.49. The first-order valence-corrected chi connectivity index (χ1v) is 3.99. The molecule has 0 aliphatic rings. The highest BCUT2D eigenvalue weighted by Crippen LogP contribution is 2.26. The summed E-state index contributed by atoms with van der Waals surface area (Å²) in [5.74, 6) is -0.330. The number of halogens is 3. The van der Waals surface area contributed by atoms with Crippen LogP contribution >= 0.6 is 0 Å². The number of allylic oxidation sites excluding steroid dienone is 1. The Hall–Kier alpha value is -1.78. The Bertz CT molecular complexity index is 369. The zero-order chi connectivity index (χ0) is 11.3. The minimum absolute atomic E-state index is 0.196. The molecule has 0 aromatic heterocycles. The SMILES string of the molecule is O=C/C=C/c1ccccc1OC(F)(F)F. The zero-order valence-corrected chi connectivity index (χ0v) is 7.49. The van der Waals surface area contributed by atoms with Crippen LogP contribution in [0.4, 0.5) is 13.2 Å². The van der Waals surface area contributed by atoms with Gasteiger partial charge in [-0.25, -0.2) is 0 Å². The van der Waals surface area contributed by atoms with Crippen molar-refractivity contribution in [2.24, 2.45) is 0 Å². The quantitative estimate of drug-likeness (QED) is 0.573. The number of benzene rings is 1. The molecule has 0 saturated heterocycles. The lowest BCUT2D eigenvalue weighted by molar-refractivity contribution is -0.274. The van der Waals surface area contributed by atoms with Crippen molar-refractivity contribution in [2.45, 2.75) is 6.36 Å². The maximum absolute atomic E-state index is 11.9. The Labute approximate surface area is 84.0 Å². The van der Waals surface area contributed by atoms with Gasteiger partial charge in [-0.1, -0.05) is 18.2 Å². The Morgan fingerprint density at radius 1 is 1.20 bits per heavy atom. The van der Waals surface area contributed by atoms with E-state index >= 15 is 0 Å². The molecule has 0 unspecified atom stereocenters. The molecule has 0 heterocycles. The van der Waals surface area contributed by atoms with Crippen molar-refractivity contribution in [1.29, 1.82) is 0 Å². The highest BCUT2D eigenvalue weighted by molar-refractivity contribution is 5.75. The number of carbonyl (C=O) groups excluding carboxylic acids is 1. The van der Waals surface area contributed by atoms with Crippen LogP contribution in [0.25, 0.3) is 6.08 Å². The second-order valence-electron chi connectivity index (χ2n) is 2.58. The van der Waals surface area contributed by atoms with Gasteiger partial charge in [0.1, 0.15) is 12.0 Å². The van der Waals surface area contributed by atoms with E-state index in [0.29, 0.717) is 6.29 Å². The normalized spacial score (nSPS) is 11.7. The lowest BCUT2D eigenvalue weighted by atomic mass is 10.2. The number of rotatable bonds is 3. The molecule has 80 valence electrons. The standard InChI is InChI=1S/C10H7F3O2/c11-10(12,13)15-9-6-2-1-4-8(9)5-3-7-14/h1-7H/b5-3+. The molecule has 0 fully saturated rings. The van der Waals surface area contributed by atoms with Crippen LogP contribution < -0.4 is 4.74 Å². The molecule has 0 bridgehead atoms. The van der Waals surface area contributed by atoms with E-state index in [1.54, 1.807) is 6.07 Å². The van der Waals surface area contributed by atoms with Crippen LogP contribution in [-0.4, -0.2) is 12.6 Å². The lowest BCUT2D eigenvalue weighted by Gasteiger charge is -2.10. The average Bonchev–Trinajstić information content (AvgIpc) is 2.14. The summed E-state index contributed by atoms with van der Waals surface area (Å²) in [4.78, 5) is 10.0. The molecule has 0 saturated carbocycles. The number of para-hydroxylation sites is 1. The molecular formula is C10H7F3O2. The van der Waals surface area contributed by atoms with Crippen LogP contribution in [-0.2, 0) is 4.79 Å². The highest BCUT2D eigenvalue weighted by atomic mass is 19.4. The smallest absolute Gasteiger partial charge is 0.405 e. The maximum atomic E-state index is 11.9. The Balaban J connectivity index is 2.96. The lowest BCUT2D eigenvalue weighted by Crippen LogP contribution is -2.17. The summed E-state index contributed by atoms with van der Waals surface area (Å²) in [6.45, 7) is 0. The number of hydrogen-bond acceptors (Lipinski definition) is 2. The summed E-state index contributed by atoms with van der Waals surface area (Å²) >= 11 is 0. The van der Waals surface area contributed by atoms with Crippen LogP contribution in [0.1, 0.15) is 5.56 Å². The first-order chi connectivity index (χ1) is 7.03.